The second-order valence-electron chi connectivity index (χ2n) is 6.81. The lowest BCUT2D eigenvalue weighted by Gasteiger charge is -2.15. The molecule has 0 bridgehead atoms. The molecule has 0 radical (unpaired) electrons. The van der Waals surface area contributed by atoms with Crippen LogP contribution in [-0.4, -0.2) is 32.7 Å². The number of thiophene rings is 1. The smallest absolute Gasteiger partial charge is 0.348 e. The number of ether oxygens (including phenoxy) is 3. The van der Waals surface area contributed by atoms with E-state index in [9.17, 15) is 9.59 Å². The maximum absolute atomic E-state index is 12.5. The quantitative estimate of drug-likeness (QED) is 0.598. The molecule has 4 rings (SSSR count). The second-order valence-corrected chi connectivity index (χ2v) is 7.86. The van der Waals surface area contributed by atoms with Crippen LogP contribution in [-0.2, 0) is 22.4 Å². The lowest BCUT2D eigenvalue weighted by atomic mass is 9.91. The summed E-state index contributed by atoms with van der Waals surface area (Å²) < 4.78 is 15.7. The molecule has 0 atom stereocenters. The van der Waals surface area contributed by atoms with Gasteiger partial charge in [-0.2, -0.15) is 0 Å². The van der Waals surface area contributed by atoms with Crippen molar-refractivity contribution in [2.75, 3.05) is 26.1 Å². The topological polar surface area (TPSA) is 73.9 Å². The SMILES string of the molecule is COc1ccc(OC)c(NC(=O)COC(=O)c2cc3c(s2)-c2ccccc2CC3)c1. The first-order valence-corrected chi connectivity index (χ1v) is 10.3. The molecule has 0 aliphatic heterocycles. The molecule has 30 heavy (non-hydrogen) atoms. The normalized spacial score (nSPS) is 11.8. The van der Waals surface area contributed by atoms with Crippen molar-refractivity contribution in [3.63, 3.8) is 0 Å². The van der Waals surface area contributed by atoms with E-state index >= 15 is 0 Å². The van der Waals surface area contributed by atoms with Gasteiger partial charge in [0.15, 0.2) is 6.61 Å². The van der Waals surface area contributed by atoms with Crippen molar-refractivity contribution in [3.05, 3.63) is 64.5 Å². The van der Waals surface area contributed by atoms with Gasteiger partial charge in [-0.15, -0.1) is 11.3 Å². The number of fused-ring (bicyclic) bond motifs is 3. The summed E-state index contributed by atoms with van der Waals surface area (Å²) in [5.74, 6) is 0.105. The molecule has 0 unspecified atom stereocenters. The Morgan fingerprint density at radius 2 is 1.80 bits per heavy atom. The van der Waals surface area contributed by atoms with Crippen LogP contribution in [0.1, 0.15) is 20.8 Å². The van der Waals surface area contributed by atoms with Crippen molar-refractivity contribution in [1.82, 2.24) is 0 Å². The summed E-state index contributed by atoms with van der Waals surface area (Å²) in [5.41, 5.74) is 4.06. The first kappa shape index (κ1) is 20.0. The number of esters is 1. The Hall–Kier alpha value is -3.32. The minimum absolute atomic E-state index is 0.391. The minimum Gasteiger partial charge on any atom is -0.497 e. The molecule has 0 spiro atoms. The highest BCUT2D eigenvalue weighted by molar-refractivity contribution is 7.17. The molecule has 7 heteroatoms. The van der Waals surface area contributed by atoms with Gasteiger partial charge in [-0.05, 0) is 47.7 Å². The monoisotopic (exact) mass is 423 g/mol. The van der Waals surface area contributed by atoms with Crippen molar-refractivity contribution in [2.45, 2.75) is 12.8 Å². The van der Waals surface area contributed by atoms with Crippen molar-refractivity contribution in [3.8, 4) is 21.9 Å². The van der Waals surface area contributed by atoms with Gasteiger partial charge in [0.25, 0.3) is 5.91 Å². The van der Waals surface area contributed by atoms with Crippen molar-refractivity contribution >= 4 is 28.9 Å². The Balaban J connectivity index is 1.41. The zero-order chi connectivity index (χ0) is 21.1. The number of methoxy groups -OCH3 is 2. The van der Waals surface area contributed by atoms with Crippen molar-refractivity contribution < 1.29 is 23.8 Å². The van der Waals surface area contributed by atoms with E-state index in [0.717, 1.165) is 23.3 Å². The number of amides is 1. The van der Waals surface area contributed by atoms with Crippen molar-refractivity contribution in [2.24, 2.45) is 0 Å². The number of aryl methyl sites for hydroxylation is 2. The first-order chi connectivity index (χ1) is 14.6. The molecule has 6 nitrogen and oxygen atoms in total. The number of nitrogens with one attached hydrogen (secondary N) is 1. The van der Waals surface area contributed by atoms with E-state index in [1.165, 1.54) is 36.7 Å². The maximum Gasteiger partial charge on any atom is 0.348 e. The predicted molar refractivity (Wildman–Crippen MR) is 116 cm³/mol. The number of hydrogen-bond donors (Lipinski definition) is 1. The largest absolute Gasteiger partial charge is 0.497 e. The first-order valence-electron chi connectivity index (χ1n) is 9.49. The molecule has 1 N–H and O–H groups in total. The maximum atomic E-state index is 12.5. The molecular formula is C23H21NO5S. The van der Waals surface area contributed by atoms with Gasteiger partial charge in [0.1, 0.15) is 16.4 Å². The molecule has 1 aromatic heterocycles. The van der Waals surface area contributed by atoms with Crippen LogP contribution < -0.4 is 14.8 Å². The minimum atomic E-state index is -0.500. The average molecular weight is 423 g/mol. The highest BCUT2D eigenvalue weighted by Gasteiger charge is 2.22. The number of anilines is 1. The van der Waals surface area contributed by atoms with Crippen molar-refractivity contribution in [1.29, 1.82) is 0 Å². The van der Waals surface area contributed by atoms with Crippen LogP contribution >= 0.6 is 11.3 Å². The second kappa shape index (κ2) is 8.59. The molecule has 1 aliphatic rings. The third kappa shape index (κ3) is 4.02. The standard InChI is InChI=1S/C23H21NO5S/c1-27-16-9-10-19(28-2)18(12-16)24-21(25)13-29-23(26)20-11-15-8-7-14-5-3-4-6-17(14)22(15)30-20/h3-6,9-12H,7-8,13H2,1-2H3,(H,24,25). The van der Waals surface area contributed by atoms with E-state index < -0.39 is 18.5 Å². The van der Waals surface area contributed by atoms with Crippen LogP contribution in [0.3, 0.4) is 0 Å². The fourth-order valence-electron chi connectivity index (χ4n) is 3.47. The van der Waals surface area contributed by atoms with Gasteiger partial charge in [-0.25, -0.2) is 4.79 Å². The Morgan fingerprint density at radius 3 is 2.60 bits per heavy atom. The zero-order valence-corrected chi connectivity index (χ0v) is 17.5. The highest BCUT2D eigenvalue weighted by atomic mass is 32.1. The number of hydrogen-bond acceptors (Lipinski definition) is 6. The van der Waals surface area contributed by atoms with Crippen LogP contribution in [0, 0.1) is 0 Å². The summed E-state index contributed by atoms with van der Waals surface area (Å²) in [5, 5.41) is 2.69. The highest BCUT2D eigenvalue weighted by Crippen LogP contribution is 2.39. The zero-order valence-electron chi connectivity index (χ0n) is 16.7. The van der Waals surface area contributed by atoms with Gasteiger partial charge < -0.3 is 19.5 Å². The van der Waals surface area contributed by atoms with Gasteiger partial charge in [0.05, 0.1) is 19.9 Å². The molecule has 0 saturated carbocycles. The average Bonchev–Trinajstić information content (AvgIpc) is 3.22. The molecular weight excluding hydrogens is 402 g/mol. The molecule has 1 amide bonds. The summed E-state index contributed by atoms with van der Waals surface area (Å²) in [7, 11) is 3.04. The van der Waals surface area contributed by atoms with Gasteiger partial charge in [-0.3, -0.25) is 4.79 Å². The van der Waals surface area contributed by atoms with Crippen LogP contribution in [0.4, 0.5) is 5.69 Å². The van der Waals surface area contributed by atoms with Crippen LogP contribution in [0.15, 0.2) is 48.5 Å². The predicted octanol–water partition coefficient (Wildman–Crippen LogP) is 4.33. The van der Waals surface area contributed by atoms with E-state index in [1.54, 1.807) is 18.2 Å². The Bertz CT molecular complexity index is 1100. The third-order valence-electron chi connectivity index (χ3n) is 4.95. The number of benzene rings is 2. The van der Waals surface area contributed by atoms with E-state index in [2.05, 4.69) is 17.4 Å². The van der Waals surface area contributed by atoms with Crippen LogP contribution in [0.2, 0.25) is 0 Å². The molecule has 0 fully saturated rings. The lowest BCUT2D eigenvalue weighted by Crippen LogP contribution is -2.21. The summed E-state index contributed by atoms with van der Waals surface area (Å²) >= 11 is 1.41. The van der Waals surface area contributed by atoms with E-state index in [4.69, 9.17) is 14.2 Å². The summed E-state index contributed by atoms with van der Waals surface area (Å²) in [6.45, 7) is -0.391. The number of carbonyl (C=O) groups excluding carboxylic acids is 2. The number of carbonyl (C=O) groups is 2. The Labute approximate surface area is 178 Å². The van der Waals surface area contributed by atoms with E-state index in [-0.39, 0.29) is 0 Å². The van der Waals surface area contributed by atoms with Gasteiger partial charge in [-0.1, -0.05) is 24.3 Å². The van der Waals surface area contributed by atoms with Gasteiger partial charge in [0.2, 0.25) is 0 Å². The fraction of sp³-hybridized carbons (Fsp3) is 0.217. The van der Waals surface area contributed by atoms with Gasteiger partial charge >= 0.3 is 5.97 Å². The summed E-state index contributed by atoms with van der Waals surface area (Å²) in [6.07, 6.45) is 1.85. The molecule has 1 heterocycles. The Kier molecular flexibility index (Phi) is 5.72. The Morgan fingerprint density at radius 1 is 1.00 bits per heavy atom. The molecule has 2 aromatic carbocycles. The molecule has 1 aliphatic carbocycles. The number of rotatable bonds is 6. The van der Waals surface area contributed by atoms with E-state index in [1.807, 2.05) is 18.2 Å². The van der Waals surface area contributed by atoms with Gasteiger partial charge in [0, 0.05) is 10.9 Å². The van der Waals surface area contributed by atoms with Crippen LogP contribution in [0.25, 0.3) is 10.4 Å². The van der Waals surface area contributed by atoms with E-state index in [0.29, 0.717) is 22.1 Å². The molecule has 154 valence electrons. The lowest BCUT2D eigenvalue weighted by molar-refractivity contribution is -0.119. The van der Waals surface area contributed by atoms with Crippen LogP contribution in [0.5, 0.6) is 11.5 Å². The summed E-state index contributed by atoms with van der Waals surface area (Å²) in [6, 6.07) is 15.2. The fourth-order valence-corrected chi connectivity index (χ4v) is 4.64. The molecule has 0 saturated heterocycles. The third-order valence-corrected chi connectivity index (χ3v) is 6.14. The molecule has 3 aromatic rings. The summed E-state index contributed by atoms with van der Waals surface area (Å²) in [4.78, 5) is 26.4.